The van der Waals surface area contributed by atoms with Crippen molar-refractivity contribution >= 4 is 23.0 Å². The van der Waals surface area contributed by atoms with Crippen LogP contribution in [0, 0.1) is 5.41 Å². The van der Waals surface area contributed by atoms with Gasteiger partial charge in [-0.3, -0.25) is 9.69 Å². The molecule has 48 heavy (non-hydrogen) atoms. The summed E-state index contributed by atoms with van der Waals surface area (Å²) in [6.45, 7) is 13.9. The number of nitrogens with zero attached hydrogens (tertiary/aromatic N) is 7. The Kier molecular flexibility index (Phi) is 7.81. The van der Waals surface area contributed by atoms with E-state index in [0.29, 0.717) is 29.0 Å². The van der Waals surface area contributed by atoms with Crippen LogP contribution < -0.4 is 20.7 Å². The number of hydrogen-bond donors (Lipinski definition) is 2. The van der Waals surface area contributed by atoms with Crippen molar-refractivity contribution in [3.8, 4) is 11.1 Å². The molecule has 11 nitrogen and oxygen atoms in total. The fraction of sp³-hybridized carbons (Fsp3) is 0.486. The number of aryl methyl sites for hydroxylation is 1. The summed E-state index contributed by atoms with van der Waals surface area (Å²) >= 11 is 0. The molecule has 7 heterocycles. The summed E-state index contributed by atoms with van der Waals surface area (Å²) in [5, 5.41) is 14.0. The van der Waals surface area contributed by atoms with Crippen LogP contribution in [0.5, 0.6) is 0 Å². The van der Waals surface area contributed by atoms with E-state index in [1.54, 1.807) is 17.8 Å². The van der Waals surface area contributed by atoms with E-state index in [0.717, 1.165) is 93.5 Å². The van der Waals surface area contributed by atoms with Crippen LogP contribution in [0.15, 0.2) is 53.7 Å². The zero-order chi connectivity index (χ0) is 33.2. The van der Waals surface area contributed by atoms with Gasteiger partial charge in [-0.2, -0.15) is 0 Å². The van der Waals surface area contributed by atoms with Gasteiger partial charge < -0.3 is 34.1 Å². The van der Waals surface area contributed by atoms with E-state index in [9.17, 15) is 9.90 Å². The summed E-state index contributed by atoms with van der Waals surface area (Å²) in [5.74, 6) is 1.40. The van der Waals surface area contributed by atoms with Gasteiger partial charge in [-0.15, -0.1) is 0 Å². The van der Waals surface area contributed by atoms with Gasteiger partial charge in [-0.25, -0.2) is 9.97 Å². The highest BCUT2D eigenvalue weighted by Crippen LogP contribution is 2.40. The van der Waals surface area contributed by atoms with Crippen molar-refractivity contribution in [2.24, 2.45) is 12.5 Å². The number of ether oxygens (including phenoxy) is 1. The maximum absolute atomic E-state index is 13.3. The number of fused-ring (bicyclic) bond motifs is 3. The van der Waals surface area contributed by atoms with Crippen molar-refractivity contribution in [1.29, 1.82) is 0 Å². The lowest BCUT2D eigenvalue weighted by atomic mass is 9.90. The summed E-state index contributed by atoms with van der Waals surface area (Å²) < 4.78 is 9.48. The number of pyridine rings is 3. The van der Waals surface area contributed by atoms with Crippen LogP contribution in [0.1, 0.15) is 43.3 Å². The van der Waals surface area contributed by atoms with E-state index < -0.39 is 0 Å². The molecule has 0 saturated carbocycles. The number of anilines is 4. The third-order valence-electron chi connectivity index (χ3n) is 10.8. The first-order chi connectivity index (χ1) is 23.2. The summed E-state index contributed by atoms with van der Waals surface area (Å²) in [6.07, 6.45) is 7.76. The molecule has 4 aromatic heterocycles. The first-order valence-electron chi connectivity index (χ1n) is 17.2. The van der Waals surface area contributed by atoms with Crippen molar-refractivity contribution in [3.05, 3.63) is 81.8 Å². The molecule has 0 bridgehead atoms. The average molecular weight is 651 g/mol. The van der Waals surface area contributed by atoms with Gasteiger partial charge >= 0.3 is 0 Å². The van der Waals surface area contributed by atoms with E-state index in [1.807, 2.05) is 30.6 Å². The first kappa shape index (κ1) is 31.1. The molecule has 252 valence electrons. The number of piperazine rings is 1. The molecule has 0 unspecified atom stereocenters. The average Bonchev–Trinajstić information content (AvgIpc) is 3.53. The Hall–Kier alpha value is -4.19. The second-order valence-electron chi connectivity index (χ2n) is 14.8. The zero-order valence-corrected chi connectivity index (χ0v) is 28.4. The van der Waals surface area contributed by atoms with Crippen molar-refractivity contribution in [1.82, 2.24) is 24.0 Å². The third kappa shape index (κ3) is 5.57. The number of aliphatic hydroxyl groups is 1. The number of aliphatic hydroxyl groups excluding tert-OH is 1. The van der Waals surface area contributed by atoms with Gasteiger partial charge in [0.25, 0.3) is 5.56 Å². The normalized spacial score (nSPS) is 20.8. The third-order valence-corrected chi connectivity index (χ3v) is 10.8. The van der Waals surface area contributed by atoms with Crippen molar-refractivity contribution < 1.29 is 9.84 Å². The van der Waals surface area contributed by atoms with Crippen LogP contribution in [-0.2, 0) is 44.3 Å². The molecule has 1 aliphatic carbocycles. The lowest BCUT2D eigenvalue weighted by Crippen LogP contribution is -2.59. The molecule has 4 aliphatic rings. The fourth-order valence-corrected chi connectivity index (χ4v) is 8.22. The largest absolute Gasteiger partial charge is 0.392 e. The molecular formula is C37H46N8O3. The Morgan fingerprint density at radius 2 is 1.92 bits per heavy atom. The summed E-state index contributed by atoms with van der Waals surface area (Å²) in [5.41, 5.74) is 8.40. The summed E-state index contributed by atoms with van der Waals surface area (Å²) in [4.78, 5) is 30.0. The SMILES string of the molecule is C[C@H]1CN(C2COC2)CCN1c1ccc(Nc2cc(-c3ccnc(N4CCn5c(cc6c5CC(C)(C)C6)C4)c3CO)cn(C)c2=O)nc1. The molecule has 2 saturated heterocycles. The quantitative estimate of drug-likeness (QED) is 0.308. The van der Waals surface area contributed by atoms with Gasteiger partial charge in [-0.05, 0) is 66.6 Å². The molecule has 0 amide bonds. The lowest BCUT2D eigenvalue weighted by molar-refractivity contribution is -0.0691. The van der Waals surface area contributed by atoms with E-state index >= 15 is 0 Å². The van der Waals surface area contributed by atoms with Crippen LogP contribution in [0.4, 0.5) is 23.0 Å². The van der Waals surface area contributed by atoms with E-state index in [1.165, 1.54) is 17.0 Å². The Bertz CT molecular complexity index is 1890. The Morgan fingerprint density at radius 3 is 2.65 bits per heavy atom. The molecular weight excluding hydrogens is 604 g/mol. The number of rotatable bonds is 7. The van der Waals surface area contributed by atoms with Gasteiger partial charge in [0.05, 0.1) is 44.3 Å². The number of hydrogen-bond acceptors (Lipinski definition) is 9. The monoisotopic (exact) mass is 650 g/mol. The van der Waals surface area contributed by atoms with Gasteiger partial charge in [0.2, 0.25) is 0 Å². The summed E-state index contributed by atoms with van der Waals surface area (Å²) in [6, 6.07) is 11.1. The van der Waals surface area contributed by atoms with Crippen molar-refractivity contribution in [2.75, 3.05) is 54.5 Å². The molecule has 4 aromatic rings. The van der Waals surface area contributed by atoms with Gasteiger partial charge in [0.15, 0.2) is 0 Å². The van der Waals surface area contributed by atoms with Crippen LogP contribution in [0.2, 0.25) is 0 Å². The van der Waals surface area contributed by atoms with E-state index in [2.05, 4.69) is 57.5 Å². The van der Waals surface area contributed by atoms with Crippen LogP contribution in [0.3, 0.4) is 0 Å². The van der Waals surface area contributed by atoms with Gasteiger partial charge in [0, 0.05) is 80.7 Å². The molecule has 8 rings (SSSR count). The molecule has 2 N–H and O–H groups in total. The smallest absolute Gasteiger partial charge is 0.274 e. The molecule has 0 spiro atoms. The highest BCUT2D eigenvalue weighted by molar-refractivity contribution is 5.75. The minimum atomic E-state index is -0.156. The van der Waals surface area contributed by atoms with Crippen molar-refractivity contribution in [2.45, 2.75) is 65.4 Å². The first-order valence-corrected chi connectivity index (χ1v) is 17.2. The second-order valence-corrected chi connectivity index (χ2v) is 14.8. The molecule has 1 atom stereocenters. The zero-order valence-electron chi connectivity index (χ0n) is 28.4. The van der Waals surface area contributed by atoms with Gasteiger partial charge in [-0.1, -0.05) is 13.8 Å². The highest BCUT2D eigenvalue weighted by atomic mass is 16.5. The predicted octanol–water partition coefficient (Wildman–Crippen LogP) is 3.93. The van der Waals surface area contributed by atoms with Gasteiger partial charge in [0.1, 0.15) is 17.3 Å². The van der Waals surface area contributed by atoms with E-state index in [4.69, 9.17) is 14.7 Å². The fourth-order valence-electron chi connectivity index (χ4n) is 8.22. The minimum Gasteiger partial charge on any atom is -0.392 e. The standard InChI is InChI=1S/C37H46N8O3/c1-24-18-42(29-22-48-23-29)9-11-44(24)27-5-6-34(39-17-27)40-32-14-26(19-41(4)36(32)47)30-7-8-38-35(31(30)21-46)43-10-12-45-28(20-43)13-25-15-37(2,3)16-33(25)45/h5-8,13-14,17,19,24,29,46H,9-12,15-16,18,20-23H2,1-4H3,(H,39,40)/t24-/m0/s1. The predicted molar refractivity (Wildman–Crippen MR) is 188 cm³/mol. The number of nitrogens with one attached hydrogen (secondary N) is 1. The molecule has 3 aliphatic heterocycles. The van der Waals surface area contributed by atoms with Crippen LogP contribution in [0.25, 0.3) is 11.1 Å². The summed E-state index contributed by atoms with van der Waals surface area (Å²) in [7, 11) is 1.75. The minimum absolute atomic E-state index is 0.151. The Morgan fingerprint density at radius 1 is 1.06 bits per heavy atom. The number of aromatic nitrogens is 4. The molecule has 0 aromatic carbocycles. The second kappa shape index (κ2) is 12.0. The molecule has 0 radical (unpaired) electrons. The topological polar surface area (TPSA) is 104 Å². The van der Waals surface area contributed by atoms with Crippen LogP contribution in [-0.4, -0.2) is 80.6 Å². The highest BCUT2D eigenvalue weighted by Gasteiger charge is 2.35. The molecule has 2 fully saturated rings. The maximum atomic E-state index is 13.3. The lowest BCUT2D eigenvalue weighted by Gasteiger charge is -2.46. The van der Waals surface area contributed by atoms with Crippen LogP contribution >= 0.6 is 0 Å². The van der Waals surface area contributed by atoms with E-state index in [-0.39, 0.29) is 12.2 Å². The molecule has 11 heteroatoms. The Labute approximate surface area is 281 Å². The van der Waals surface area contributed by atoms with Crippen molar-refractivity contribution in [3.63, 3.8) is 0 Å². The maximum Gasteiger partial charge on any atom is 0.274 e. The Balaban J connectivity index is 1.02.